The lowest BCUT2D eigenvalue weighted by molar-refractivity contribution is -0.142. The molecule has 0 spiro atoms. The molecule has 0 aliphatic heterocycles. The summed E-state index contributed by atoms with van der Waals surface area (Å²) in [7, 11) is 1.34. The Morgan fingerprint density at radius 2 is 2.06 bits per heavy atom. The van der Waals surface area contributed by atoms with Gasteiger partial charge in [-0.05, 0) is 5.92 Å². The molecule has 1 rings (SSSR count). The second-order valence-corrected chi connectivity index (χ2v) is 4.45. The van der Waals surface area contributed by atoms with E-state index in [1.165, 1.54) is 19.5 Å². The summed E-state index contributed by atoms with van der Waals surface area (Å²) in [6.45, 7) is 3.79. The number of nitrogens with zero attached hydrogens (tertiary/aromatic N) is 2. The fourth-order valence-electron chi connectivity index (χ4n) is 1.40. The van der Waals surface area contributed by atoms with E-state index in [4.69, 9.17) is 22.7 Å². The van der Waals surface area contributed by atoms with Crippen molar-refractivity contribution in [1.82, 2.24) is 9.97 Å². The molecule has 1 aromatic rings. The number of carbonyl (C=O) groups excluding carboxylic acids is 1. The van der Waals surface area contributed by atoms with Crippen LogP contribution in [0.25, 0.3) is 0 Å². The standard InChI is InChI=1S/C11H16N4O2S/c1-6(2)7(11(16)17-3)15-10-8(9(12)18)13-4-5-14-10/h4-7H,1-3H3,(H2,12,18)(H,14,15). The van der Waals surface area contributed by atoms with Gasteiger partial charge in [-0.2, -0.15) is 0 Å². The Morgan fingerprint density at radius 3 is 2.56 bits per heavy atom. The molecular weight excluding hydrogens is 252 g/mol. The Kier molecular flexibility index (Phi) is 4.96. The molecule has 0 saturated carbocycles. The van der Waals surface area contributed by atoms with Gasteiger partial charge in [0.2, 0.25) is 0 Å². The van der Waals surface area contributed by atoms with Crippen LogP contribution in [0.4, 0.5) is 5.82 Å². The van der Waals surface area contributed by atoms with E-state index in [1.807, 2.05) is 13.8 Å². The van der Waals surface area contributed by atoms with Crippen molar-refractivity contribution in [1.29, 1.82) is 0 Å². The van der Waals surface area contributed by atoms with Gasteiger partial charge in [0, 0.05) is 12.4 Å². The van der Waals surface area contributed by atoms with Crippen molar-refractivity contribution in [2.75, 3.05) is 12.4 Å². The van der Waals surface area contributed by atoms with Gasteiger partial charge in [-0.1, -0.05) is 26.1 Å². The Bertz CT molecular complexity index is 450. The molecule has 1 atom stereocenters. The zero-order chi connectivity index (χ0) is 13.7. The fourth-order valence-corrected chi connectivity index (χ4v) is 1.55. The minimum absolute atomic E-state index is 0.0265. The number of methoxy groups -OCH3 is 1. The van der Waals surface area contributed by atoms with E-state index in [9.17, 15) is 4.79 Å². The third-order valence-electron chi connectivity index (χ3n) is 2.35. The van der Waals surface area contributed by atoms with Crippen molar-refractivity contribution >= 4 is 29.0 Å². The van der Waals surface area contributed by atoms with Crippen LogP contribution in [0.5, 0.6) is 0 Å². The minimum Gasteiger partial charge on any atom is -0.467 e. The molecule has 0 aromatic carbocycles. The average molecular weight is 268 g/mol. The highest BCUT2D eigenvalue weighted by Crippen LogP contribution is 2.14. The quantitative estimate of drug-likeness (QED) is 0.600. The first-order valence-electron chi connectivity index (χ1n) is 5.42. The van der Waals surface area contributed by atoms with Crippen LogP contribution in [0.1, 0.15) is 19.5 Å². The van der Waals surface area contributed by atoms with Crippen LogP contribution in [0, 0.1) is 5.92 Å². The highest BCUT2D eigenvalue weighted by Gasteiger charge is 2.24. The molecular formula is C11H16N4O2S. The number of aromatic nitrogens is 2. The summed E-state index contributed by atoms with van der Waals surface area (Å²) in [6, 6.07) is -0.528. The van der Waals surface area contributed by atoms with Gasteiger partial charge >= 0.3 is 5.97 Å². The smallest absolute Gasteiger partial charge is 0.328 e. The Hall–Kier alpha value is -1.76. The van der Waals surface area contributed by atoms with Crippen LogP contribution in [0.3, 0.4) is 0 Å². The summed E-state index contributed by atoms with van der Waals surface area (Å²) in [5.41, 5.74) is 5.91. The van der Waals surface area contributed by atoms with Crippen molar-refractivity contribution in [3.63, 3.8) is 0 Å². The lowest BCUT2D eigenvalue weighted by Crippen LogP contribution is -2.36. The summed E-state index contributed by atoms with van der Waals surface area (Å²) < 4.78 is 4.73. The first kappa shape index (κ1) is 14.3. The third-order valence-corrected chi connectivity index (χ3v) is 2.54. The normalized spacial score (nSPS) is 12.0. The molecule has 3 N–H and O–H groups in total. The first-order chi connectivity index (χ1) is 8.47. The number of rotatable bonds is 5. The largest absolute Gasteiger partial charge is 0.467 e. The molecule has 0 aliphatic rings. The highest BCUT2D eigenvalue weighted by atomic mass is 32.1. The number of esters is 1. The van der Waals surface area contributed by atoms with E-state index in [-0.39, 0.29) is 16.9 Å². The summed E-state index contributed by atoms with van der Waals surface area (Å²) in [4.78, 5) is 19.9. The van der Waals surface area contributed by atoms with Gasteiger partial charge in [-0.3, -0.25) is 0 Å². The predicted molar refractivity (Wildman–Crippen MR) is 72.2 cm³/mol. The molecule has 1 aromatic heterocycles. The Morgan fingerprint density at radius 1 is 1.44 bits per heavy atom. The van der Waals surface area contributed by atoms with Gasteiger partial charge in [-0.25, -0.2) is 14.8 Å². The van der Waals surface area contributed by atoms with Crippen molar-refractivity contribution in [2.45, 2.75) is 19.9 Å². The van der Waals surface area contributed by atoms with Gasteiger partial charge < -0.3 is 15.8 Å². The van der Waals surface area contributed by atoms with Crippen molar-refractivity contribution < 1.29 is 9.53 Å². The second-order valence-electron chi connectivity index (χ2n) is 4.01. The maximum Gasteiger partial charge on any atom is 0.328 e. The van der Waals surface area contributed by atoms with Crippen LogP contribution in [-0.2, 0) is 9.53 Å². The zero-order valence-electron chi connectivity index (χ0n) is 10.5. The molecule has 0 aliphatic carbocycles. The Balaban J connectivity index is 3.01. The van der Waals surface area contributed by atoms with E-state index >= 15 is 0 Å². The highest BCUT2D eigenvalue weighted by molar-refractivity contribution is 7.80. The van der Waals surface area contributed by atoms with Gasteiger partial charge in [0.25, 0.3) is 0 Å². The SMILES string of the molecule is COC(=O)C(Nc1nccnc1C(N)=S)C(C)C. The molecule has 98 valence electrons. The second kappa shape index (κ2) is 6.25. The number of carbonyl (C=O) groups is 1. The number of anilines is 1. The van der Waals surface area contributed by atoms with Gasteiger partial charge in [-0.15, -0.1) is 0 Å². The third kappa shape index (κ3) is 3.36. The minimum atomic E-state index is -0.528. The Labute approximate surface area is 111 Å². The van der Waals surface area contributed by atoms with Crippen LogP contribution in [0.15, 0.2) is 12.4 Å². The maximum absolute atomic E-state index is 11.6. The monoisotopic (exact) mass is 268 g/mol. The molecule has 0 fully saturated rings. The number of thiocarbonyl (C=S) groups is 1. The van der Waals surface area contributed by atoms with Crippen molar-refractivity contribution in [2.24, 2.45) is 11.7 Å². The molecule has 0 bridgehead atoms. The summed E-state index contributed by atoms with van der Waals surface area (Å²) in [5, 5.41) is 2.96. The molecule has 6 nitrogen and oxygen atoms in total. The summed E-state index contributed by atoms with van der Waals surface area (Å²) in [6.07, 6.45) is 2.99. The maximum atomic E-state index is 11.6. The fraction of sp³-hybridized carbons (Fsp3) is 0.455. The number of ether oxygens (including phenoxy) is 1. The molecule has 0 radical (unpaired) electrons. The van der Waals surface area contributed by atoms with E-state index < -0.39 is 6.04 Å². The lowest BCUT2D eigenvalue weighted by atomic mass is 10.0. The van der Waals surface area contributed by atoms with Crippen LogP contribution in [0.2, 0.25) is 0 Å². The van der Waals surface area contributed by atoms with Crippen LogP contribution < -0.4 is 11.1 Å². The average Bonchev–Trinajstić information content (AvgIpc) is 2.34. The number of nitrogens with one attached hydrogen (secondary N) is 1. The van der Waals surface area contributed by atoms with Crippen molar-refractivity contribution in [3.05, 3.63) is 18.1 Å². The summed E-state index contributed by atoms with van der Waals surface area (Å²) in [5.74, 6) is 0.0392. The molecule has 18 heavy (non-hydrogen) atoms. The molecule has 1 unspecified atom stereocenters. The van der Waals surface area contributed by atoms with Gasteiger partial charge in [0.05, 0.1) is 7.11 Å². The van der Waals surface area contributed by atoms with Crippen LogP contribution >= 0.6 is 12.2 Å². The first-order valence-corrected chi connectivity index (χ1v) is 5.83. The topological polar surface area (TPSA) is 90.1 Å². The lowest BCUT2D eigenvalue weighted by Gasteiger charge is -2.21. The van der Waals surface area contributed by atoms with Crippen LogP contribution in [-0.4, -0.2) is 34.1 Å². The molecule has 7 heteroatoms. The van der Waals surface area contributed by atoms with E-state index in [1.54, 1.807) is 0 Å². The number of nitrogens with two attached hydrogens (primary N) is 1. The van der Waals surface area contributed by atoms with Crippen molar-refractivity contribution in [3.8, 4) is 0 Å². The molecule has 0 saturated heterocycles. The molecule has 0 amide bonds. The van der Waals surface area contributed by atoms with E-state index in [0.717, 1.165) is 0 Å². The summed E-state index contributed by atoms with van der Waals surface area (Å²) >= 11 is 4.88. The zero-order valence-corrected chi connectivity index (χ0v) is 11.3. The predicted octanol–water partition coefficient (Wildman–Crippen LogP) is 0.720. The number of hydrogen-bond acceptors (Lipinski definition) is 6. The van der Waals surface area contributed by atoms with Gasteiger partial charge in [0.1, 0.15) is 16.7 Å². The number of hydrogen-bond donors (Lipinski definition) is 2. The van der Waals surface area contributed by atoms with E-state index in [2.05, 4.69) is 15.3 Å². The molecule has 1 heterocycles. The van der Waals surface area contributed by atoms with E-state index in [0.29, 0.717) is 11.5 Å². The van der Waals surface area contributed by atoms with Gasteiger partial charge in [0.15, 0.2) is 5.82 Å².